The molecule has 0 unspecified atom stereocenters. The van der Waals surface area contributed by atoms with Crippen molar-refractivity contribution < 1.29 is 14.6 Å². The molecule has 0 aromatic rings. The van der Waals surface area contributed by atoms with E-state index in [-0.39, 0.29) is 6.10 Å². The highest BCUT2D eigenvalue weighted by molar-refractivity contribution is 5.56. The van der Waals surface area contributed by atoms with Crippen LogP contribution in [0, 0.1) is 0 Å². The van der Waals surface area contributed by atoms with Crippen LogP contribution in [0.25, 0.3) is 0 Å². The van der Waals surface area contributed by atoms with Gasteiger partial charge in [0.05, 0.1) is 6.10 Å². The Hall–Kier alpha value is -0.990. The molecule has 0 amide bonds. The Morgan fingerprint density at radius 3 is 1.89 bits per heavy atom. The molecule has 0 bridgehead atoms. The lowest BCUT2D eigenvalue weighted by atomic mass is 10.5. The zero-order chi connectivity index (χ0) is 7.86. The largest absolute Gasteiger partial charge is 0.506 e. The first-order chi connectivity index (χ1) is 4.13. The Labute approximate surface area is 54.9 Å². The van der Waals surface area contributed by atoms with Gasteiger partial charge in [-0.1, -0.05) is 0 Å². The minimum atomic E-state index is -1.21. The SMILES string of the molecule is C=C.CC(C)OC(=O)O. The molecule has 0 aliphatic rings. The molecule has 0 rings (SSSR count). The molecule has 0 radical (unpaired) electrons. The molecule has 0 fully saturated rings. The Morgan fingerprint density at radius 2 is 1.89 bits per heavy atom. The summed E-state index contributed by atoms with van der Waals surface area (Å²) in [5.74, 6) is 0. The first-order valence-corrected chi connectivity index (χ1v) is 2.52. The summed E-state index contributed by atoms with van der Waals surface area (Å²) in [5, 5.41) is 7.86. The molecule has 3 heteroatoms. The van der Waals surface area contributed by atoms with E-state index in [2.05, 4.69) is 17.9 Å². The van der Waals surface area contributed by atoms with Crippen molar-refractivity contribution in [2.24, 2.45) is 0 Å². The summed E-state index contributed by atoms with van der Waals surface area (Å²) < 4.78 is 4.17. The summed E-state index contributed by atoms with van der Waals surface area (Å²) in [7, 11) is 0. The van der Waals surface area contributed by atoms with Gasteiger partial charge in [-0.25, -0.2) is 4.79 Å². The molecule has 54 valence electrons. The maximum atomic E-state index is 9.59. The molecule has 0 aliphatic carbocycles. The van der Waals surface area contributed by atoms with Crippen LogP contribution in [-0.4, -0.2) is 17.4 Å². The Balaban J connectivity index is 0. The van der Waals surface area contributed by atoms with Crippen LogP contribution in [0.3, 0.4) is 0 Å². The third-order valence-electron chi connectivity index (χ3n) is 0.337. The lowest BCUT2D eigenvalue weighted by Gasteiger charge is -1.99. The number of ether oxygens (including phenoxy) is 1. The van der Waals surface area contributed by atoms with Gasteiger partial charge >= 0.3 is 6.16 Å². The molecule has 0 aromatic carbocycles. The molecule has 1 N–H and O–H groups in total. The van der Waals surface area contributed by atoms with Crippen LogP contribution < -0.4 is 0 Å². The zero-order valence-electron chi connectivity index (χ0n) is 5.76. The first-order valence-electron chi connectivity index (χ1n) is 2.52. The van der Waals surface area contributed by atoms with E-state index in [1.54, 1.807) is 13.8 Å². The van der Waals surface area contributed by atoms with Crippen LogP contribution in [0.15, 0.2) is 13.2 Å². The van der Waals surface area contributed by atoms with Gasteiger partial charge in [-0.05, 0) is 13.8 Å². The van der Waals surface area contributed by atoms with Crippen molar-refractivity contribution in [1.29, 1.82) is 0 Å². The molecular formula is C6H12O3. The van der Waals surface area contributed by atoms with Crippen molar-refractivity contribution in [1.82, 2.24) is 0 Å². The van der Waals surface area contributed by atoms with Gasteiger partial charge in [-0.2, -0.15) is 0 Å². The summed E-state index contributed by atoms with van der Waals surface area (Å²) in [6.45, 7) is 9.32. The molecule has 0 aliphatic heterocycles. The smallest absolute Gasteiger partial charge is 0.450 e. The lowest BCUT2D eigenvalue weighted by Crippen LogP contribution is -2.07. The van der Waals surface area contributed by atoms with E-state index in [9.17, 15) is 4.79 Å². The number of carboxylic acid groups (broad SMARTS) is 1. The van der Waals surface area contributed by atoms with E-state index in [1.165, 1.54) is 0 Å². The summed E-state index contributed by atoms with van der Waals surface area (Å²) >= 11 is 0. The number of hydrogen-bond acceptors (Lipinski definition) is 2. The summed E-state index contributed by atoms with van der Waals surface area (Å²) in [6, 6.07) is 0. The highest BCUT2D eigenvalue weighted by Crippen LogP contribution is 1.85. The third kappa shape index (κ3) is 19.4. The summed E-state index contributed by atoms with van der Waals surface area (Å²) in [6.07, 6.45) is -1.44. The molecule has 0 saturated heterocycles. The van der Waals surface area contributed by atoms with E-state index in [0.717, 1.165) is 0 Å². The summed E-state index contributed by atoms with van der Waals surface area (Å²) in [5.41, 5.74) is 0. The lowest BCUT2D eigenvalue weighted by molar-refractivity contribution is 0.0660. The second kappa shape index (κ2) is 7.01. The predicted octanol–water partition coefficient (Wildman–Crippen LogP) is 1.89. The maximum Gasteiger partial charge on any atom is 0.506 e. The molecule has 0 atom stereocenters. The fraction of sp³-hybridized carbons (Fsp3) is 0.500. The van der Waals surface area contributed by atoms with E-state index < -0.39 is 6.16 Å². The van der Waals surface area contributed by atoms with E-state index in [4.69, 9.17) is 5.11 Å². The zero-order valence-corrected chi connectivity index (χ0v) is 5.76. The second-order valence-electron chi connectivity index (χ2n) is 1.43. The second-order valence-corrected chi connectivity index (χ2v) is 1.43. The van der Waals surface area contributed by atoms with E-state index in [0.29, 0.717) is 0 Å². The number of rotatable bonds is 1. The van der Waals surface area contributed by atoms with E-state index in [1.807, 2.05) is 0 Å². The van der Waals surface area contributed by atoms with Gasteiger partial charge in [0, 0.05) is 0 Å². The molecule has 9 heavy (non-hydrogen) atoms. The van der Waals surface area contributed by atoms with Gasteiger partial charge in [0.25, 0.3) is 0 Å². The fourth-order valence-corrected chi connectivity index (χ4v) is 0.202. The van der Waals surface area contributed by atoms with Crippen LogP contribution >= 0.6 is 0 Å². The van der Waals surface area contributed by atoms with E-state index >= 15 is 0 Å². The monoisotopic (exact) mass is 132 g/mol. The minimum absolute atomic E-state index is 0.225. The van der Waals surface area contributed by atoms with Gasteiger partial charge in [-0.15, -0.1) is 13.2 Å². The average Bonchev–Trinajstić information content (AvgIpc) is 1.68. The van der Waals surface area contributed by atoms with Gasteiger partial charge in [-0.3, -0.25) is 0 Å². The highest BCUT2D eigenvalue weighted by atomic mass is 16.7. The number of hydrogen-bond donors (Lipinski definition) is 1. The fourth-order valence-electron chi connectivity index (χ4n) is 0.202. The van der Waals surface area contributed by atoms with Crippen LogP contribution in [-0.2, 0) is 4.74 Å². The third-order valence-corrected chi connectivity index (χ3v) is 0.337. The standard InChI is InChI=1S/C4H8O3.C2H4/c1-3(2)7-4(5)6;1-2/h3H,1-2H3,(H,5,6);1-2H2. The van der Waals surface area contributed by atoms with Gasteiger partial charge in [0.2, 0.25) is 0 Å². The molecule has 0 spiro atoms. The van der Waals surface area contributed by atoms with Gasteiger partial charge in [0.15, 0.2) is 0 Å². The quantitative estimate of drug-likeness (QED) is 0.437. The van der Waals surface area contributed by atoms with Crippen LogP contribution in [0.4, 0.5) is 4.79 Å². The van der Waals surface area contributed by atoms with Crippen molar-refractivity contribution in [3.05, 3.63) is 13.2 Å². The predicted molar refractivity (Wildman–Crippen MR) is 35.5 cm³/mol. The Kier molecular flexibility index (Phi) is 8.49. The molecular weight excluding hydrogens is 120 g/mol. The van der Waals surface area contributed by atoms with Gasteiger partial charge < -0.3 is 9.84 Å². The van der Waals surface area contributed by atoms with Gasteiger partial charge in [0.1, 0.15) is 0 Å². The molecule has 0 aromatic heterocycles. The maximum absolute atomic E-state index is 9.59. The van der Waals surface area contributed by atoms with Crippen LogP contribution in [0.2, 0.25) is 0 Å². The molecule has 0 heterocycles. The van der Waals surface area contributed by atoms with Crippen molar-refractivity contribution >= 4 is 6.16 Å². The Bertz CT molecular complexity index is 78.4. The minimum Gasteiger partial charge on any atom is -0.450 e. The summed E-state index contributed by atoms with van der Waals surface area (Å²) in [4.78, 5) is 9.59. The number of carbonyl (C=O) groups is 1. The average molecular weight is 132 g/mol. The van der Waals surface area contributed by atoms with Crippen molar-refractivity contribution in [3.63, 3.8) is 0 Å². The van der Waals surface area contributed by atoms with Crippen molar-refractivity contribution in [3.8, 4) is 0 Å². The molecule has 0 saturated carbocycles. The normalized spacial score (nSPS) is 7.44. The Morgan fingerprint density at radius 1 is 1.56 bits per heavy atom. The highest BCUT2D eigenvalue weighted by Gasteiger charge is 1.97. The van der Waals surface area contributed by atoms with Crippen LogP contribution in [0.5, 0.6) is 0 Å². The molecule has 3 nitrogen and oxygen atoms in total. The first kappa shape index (κ1) is 10.9. The topological polar surface area (TPSA) is 46.5 Å². The van der Waals surface area contributed by atoms with Crippen LogP contribution in [0.1, 0.15) is 13.8 Å². The van der Waals surface area contributed by atoms with Crippen molar-refractivity contribution in [2.45, 2.75) is 20.0 Å². The van der Waals surface area contributed by atoms with Crippen molar-refractivity contribution in [2.75, 3.05) is 0 Å².